The average Bonchev–Trinajstić information content (AvgIpc) is 2.39. The third kappa shape index (κ3) is 3.45. The third-order valence-electron chi connectivity index (χ3n) is 5.40. The summed E-state index contributed by atoms with van der Waals surface area (Å²) in [5.41, 5.74) is 0. The number of rotatable bonds is 4. The van der Waals surface area contributed by atoms with Gasteiger partial charge in [0.05, 0.1) is 0 Å². The van der Waals surface area contributed by atoms with Gasteiger partial charge in [-0.2, -0.15) is 11.8 Å². The molecule has 2 heteroatoms. The zero-order chi connectivity index (χ0) is 13.0. The Kier molecular flexibility index (Phi) is 5.44. The van der Waals surface area contributed by atoms with E-state index in [1.54, 1.807) is 0 Å². The molecule has 0 saturated heterocycles. The molecule has 2 fully saturated rings. The molecule has 0 amide bonds. The first-order chi connectivity index (χ1) is 8.67. The van der Waals surface area contributed by atoms with Gasteiger partial charge in [0.15, 0.2) is 0 Å². The summed E-state index contributed by atoms with van der Waals surface area (Å²) in [6, 6.07) is 0.768. The SMILES string of the molecule is CSC1(CNC2C(C)CCCC2C)CCCCC1. The van der Waals surface area contributed by atoms with Crippen LogP contribution < -0.4 is 5.32 Å². The molecule has 2 atom stereocenters. The van der Waals surface area contributed by atoms with Crippen LogP contribution in [0.25, 0.3) is 0 Å². The van der Waals surface area contributed by atoms with Crippen LogP contribution in [-0.2, 0) is 0 Å². The summed E-state index contributed by atoms with van der Waals surface area (Å²) in [4.78, 5) is 0. The van der Waals surface area contributed by atoms with Crippen molar-refractivity contribution in [1.29, 1.82) is 0 Å². The standard InChI is InChI=1S/C16H31NS/c1-13-8-7-9-14(2)15(13)17-12-16(18-3)10-5-4-6-11-16/h13-15,17H,4-12H2,1-3H3. The molecule has 2 unspecified atom stereocenters. The van der Waals surface area contributed by atoms with Crippen LogP contribution in [-0.4, -0.2) is 23.6 Å². The Morgan fingerprint density at radius 2 is 1.61 bits per heavy atom. The predicted octanol–water partition coefficient (Wildman–Crippen LogP) is 4.47. The fourth-order valence-electron chi connectivity index (χ4n) is 4.04. The Bertz CT molecular complexity index is 237. The maximum absolute atomic E-state index is 3.96. The molecule has 0 aromatic carbocycles. The molecule has 1 nitrogen and oxygen atoms in total. The Hall–Kier alpha value is 0.310. The van der Waals surface area contributed by atoms with E-state index in [9.17, 15) is 0 Å². The largest absolute Gasteiger partial charge is 0.312 e. The van der Waals surface area contributed by atoms with Crippen molar-refractivity contribution in [3.05, 3.63) is 0 Å². The summed E-state index contributed by atoms with van der Waals surface area (Å²) in [6.45, 7) is 6.13. The minimum atomic E-state index is 0.551. The molecular formula is C16H31NS. The molecule has 0 spiro atoms. The minimum Gasteiger partial charge on any atom is -0.312 e. The fraction of sp³-hybridized carbons (Fsp3) is 1.00. The molecule has 2 aliphatic carbocycles. The van der Waals surface area contributed by atoms with Crippen molar-refractivity contribution in [3.63, 3.8) is 0 Å². The smallest absolute Gasteiger partial charge is 0.0281 e. The van der Waals surface area contributed by atoms with Crippen LogP contribution in [0, 0.1) is 11.8 Å². The van der Waals surface area contributed by atoms with Crippen LogP contribution in [0.1, 0.15) is 65.2 Å². The maximum Gasteiger partial charge on any atom is 0.0281 e. The molecule has 0 aromatic rings. The minimum absolute atomic E-state index is 0.551. The number of thioether (sulfide) groups is 1. The molecule has 2 rings (SSSR count). The molecule has 1 N–H and O–H groups in total. The average molecular weight is 269 g/mol. The van der Waals surface area contributed by atoms with Crippen LogP contribution >= 0.6 is 11.8 Å². The van der Waals surface area contributed by atoms with E-state index in [-0.39, 0.29) is 0 Å². The van der Waals surface area contributed by atoms with Crippen molar-refractivity contribution in [2.45, 2.75) is 76.0 Å². The Balaban J connectivity index is 1.88. The van der Waals surface area contributed by atoms with Gasteiger partial charge in [0.2, 0.25) is 0 Å². The summed E-state index contributed by atoms with van der Waals surface area (Å²) in [7, 11) is 0. The van der Waals surface area contributed by atoms with E-state index in [1.165, 1.54) is 57.9 Å². The van der Waals surface area contributed by atoms with Crippen molar-refractivity contribution in [2.75, 3.05) is 12.8 Å². The van der Waals surface area contributed by atoms with Crippen LogP contribution in [0.2, 0.25) is 0 Å². The van der Waals surface area contributed by atoms with Crippen molar-refractivity contribution >= 4 is 11.8 Å². The zero-order valence-electron chi connectivity index (χ0n) is 12.5. The Labute approximate surface area is 118 Å². The van der Waals surface area contributed by atoms with Gasteiger partial charge in [0.25, 0.3) is 0 Å². The second-order valence-electron chi connectivity index (χ2n) is 6.74. The Morgan fingerprint density at radius 3 is 2.17 bits per heavy atom. The highest BCUT2D eigenvalue weighted by atomic mass is 32.2. The predicted molar refractivity (Wildman–Crippen MR) is 83.3 cm³/mol. The summed E-state index contributed by atoms with van der Waals surface area (Å²) in [5, 5.41) is 3.96. The van der Waals surface area contributed by atoms with Crippen LogP contribution in [0.3, 0.4) is 0 Å². The normalized spacial score (nSPS) is 36.5. The van der Waals surface area contributed by atoms with Gasteiger partial charge in [-0.1, -0.05) is 39.5 Å². The number of hydrogen-bond acceptors (Lipinski definition) is 2. The van der Waals surface area contributed by atoms with E-state index in [2.05, 4.69) is 37.2 Å². The summed E-state index contributed by atoms with van der Waals surface area (Å²) in [6.07, 6.45) is 13.8. The lowest BCUT2D eigenvalue weighted by atomic mass is 9.78. The first-order valence-electron chi connectivity index (χ1n) is 7.95. The van der Waals surface area contributed by atoms with Gasteiger partial charge < -0.3 is 5.32 Å². The van der Waals surface area contributed by atoms with Gasteiger partial charge in [0, 0.05) is 17.3 Å². The molecule has 18 heavy (non-hydrogen) atoms. The first-order valence-corrected chi connectivity index (χ1v) is 9.18. The van der Waals surface area contributed by atoms with Crippen LogP contribution in [0.4, 0.5) is 0 Å². The van der Waals surface area contributed by atoms with Gasteiger partial charge in [0.1, 0.15) is 0 Å². The van der Waals surface area contributed by atoms with Crippen molar-refractivity contribution in [1.82, 2.24) is 5.32 Å². The van der Waals surface area contributed by atoms with Gasteiger partial charge in [-0.05, 0) is 43.8 Å². The van der Waals surface area contributed by atoms with Crippen molar-refractivity contribution < 1.29 is 0 Å². The quantitative estimate of drug-likeness (QED) is 0.808. The van der Waals surface area contributed by atoms with Gasteiger partial charge in [-0.15, -0.1) is 0 Å². The van der Waals surface area contributed by atoms with Crippen molar-refractivity contribution in [3.8, 4) is 0 Å². The first kappa shape index (κ1) is 14.7. The van der Waals surface area contributed by atoms with E-state index in [0.717, 1.165) is 17.9 Å². The summed E-state index contributed by atoms with van der Waals surface area (Å²) >= 11 is 2.12. The molecule has 106 valence electrons. The fourth-order valence-corrected chi connectivity index (χ4v) is 4.96. The van der Waals surface area contributed by atoms with Gasteiger partial charge >= 0.3 is 0 Å². The lowest BCUT2D eigenvalue weighted by Crippen LogP contribution is -2.49. The lowest BCUT2D eigenvalue weighted by Gasteiger charge is -2.41. The highest BCUT2D eigenvalue weighted by molar-refractivity contribution is 8.00. The molecule has 0 radical (unpaired) electrons. The monoisotopic (exact) mass is 269 g/mol. The molecule has 0 aromatic heterocycles. The van der Waals surface area contributed by atoms with E-state index in [1.807, 2.05) is 0 Å². The van der Waals surface area contributed by atoms with E-state index >= 15 is 0 Å². The molecule has 2 saturated carbocycles. The van der Waals surface area contributed by atoms with Gasteiger partial charge in [-0.25, -0.2) is 0 Å². The summed E-state index contributed by atoms with van der Waals surface area (Å²) < 4.78 is 0.551. The number of hydrogen-bond donors (Lipinski definition) is 1. The second-order valence-corrected chi connectivity index (χ2v) is 8.01. The highest BCUT2D eigenvalue weighted by Crippen LogP contribution is 2.39. The summed E-state index contributed by atoms with van der Waals surface area (Å²) in [5.74, 6) is 1.74. The zero-order valence-corrected chi connectivity index (χ0v) is 13.3. The molecule has 2 aliphatic rings. The third-order valence-corrected chi connectivity index (χ3v) is 6.82. The second kappa shape index (κ2) is 6.65. The van der Waals surface area contributed by atoms with E-state index in [4.69, 9.17) is 0 Å². The topological polar surface area (TPSA) is 12.0 Å². The molecule has 0 aliphatic heterocycles. The molecule has 0 heterocycles. The van der Waals surface area contributed by atoms with Gasteiger partial charge in [-0.3, -0.25) is 0 Å². The van der Waals surface area contributed by atoms with E-state index < -0.39 is 0 Å². The van der Waals surface area contributed by atoms with Crippen LogP contribution in [0.5, 0.6) is 0 Å². The van der Waals surface area contributed by atoms with Crippen LogP contribution in [0.15, 0.2) is 0 Å². The maximum atomic E-state index is 3.96. The number of nitrogens with one attached hydrogen (secondary N) is 1. The highest BCUT2D eigenvalue weighted by Gasteiger charge is 2.34. The Morgan fingerprint density at radius 1 is 1.00 bits per heavy atom. The lowest BCUT2D eigenvalue weighted by molar-refractivity contribution is 0.199. The van der Waals surface area contributed by atoms with E-state index in [0.29, 0.717) is 4.75 Å². The molecular weight excluding hydrogens is 238 g/mol. The molecule has 0 bridgehead atoms. The van der Waals surface area contributed by atoms with Crippen molar-refractivity contribution in [2.24, 2.45) is 11.8 Å².